The number of amides is 3. The minimum absolute atomic E-state index is 0.190. The van der Waals surface area contributed by atoms with E-state index in [4.69, 9.17) is 26.1 Å². The minimum Gasteiger partial charge on any atom is -0.494 e. The van der Waals surface area contributed by atoms with Crippen LogP contribution in [0, 0.1) is 0 Å². The second-order valence-corrected chi connectivity index (χ2v) is 18.2. The summed E-state index contributed by atoms with van der Waals surface area (Å²) < 4.78 is 12.1. The Kier molecular flexibility index (Phi) is 12.5. The molecule has 8 rings (SSSR count). The number of carbonyl (C=O) groups is 3. The van der Waals surface area contributed by atoms with Crippen LogP contribution in [-0.4, -0.2) is 127 Å². The number of carbonyl (C=O) groups excluding carboxylic acids is 3. The Balaban J connectivity index is 0.795. The van der Waals surface area contributed by atoms with E-state index in [1.165, 1.54) is 5.30 Å². The molecule has 1 aromatic heterocycles. The maximum Gasteiger partial charge on any atom is 0.255 e. The number of methoxy groups -OCH3 is 1. The maximum atomic E-state index is 13.2. The van der Waals surface area contributed by atoms with Crippen molar-refractivity contribution in [3.63, 3.8) is 0 Å². The number of ether oxygens (including phenoxy) is 2. The third kappa shape index (κ3) is 9.11. The molecule has 1 atom stereocenters. The number of nitrogens with one attached hydrogen (secondary N) is 3. The zero-order chi connectivity index (χ0) is 41.0. The molecule has 14 nitrogen and oxygen atoms in total. The summed E-state index contributed by atoms with van der Waals surface area (Å²) in [4.78, 5) is 55.5. The fraction of sp³-hybridized carbons (Fsp3) is 0.419. The number of anilines is 5. The minimum atomic E-state index is -0.642. The molecule has 4 aromatic rings. The summed E-state index contributed by atoms with van der Waals surface area (Å²) >= 11 is 6.52. The number of fused-ring (bicyclic) bond motifs is 1. The molecule has 3 N–H and O–H groups in total. The molecule has 1 unspecified atom stereocenters. The van der Waals surface area contributed by atoms with Gasteiger partial charge in [0.2, 0.25) is 17.8 Å². The van der Waals surface area contributed by atoms with E-state index < -0.39 is 11.9 Å². The highest BCUT2D eigenvalue weighted by atomic mass is 35.5. The van der Waals surface area contributed by atoms with Crippen LogP contribution in [0.5, 0.6) is 11.5 Å². The molecule has 310 valence electrons. The average Bonchev–Trinajstić information content (AvgIpc) is 3.58. The highest BCUT2D eigenvalue weighted by Crippen LogP contribution is 2.36. The van der Waals surface area contributed by atoms with E-state index >= 15 is 0 Å². The number of hydrogen-bond acceptors (Lipinski definition) is 12. The second-order valence-electron chi connectivity index (χ2n) is 15.6. The predicted octanol–water partition coefficient (Wildman–Crippen LogP) is 5.42. The lowest BCUT2D eigenvalue weighted by Gasteiger charge is -2.43. The van der Waals surface area contributed by atoms with Crippen molar-refractivity contribution >= 4 is 71.4 Å². The lowest BCUT2D eigenvalue weighted by atomic mass is 10.0. The van der Waals surface area contributed by atoms with Gasteiger partial charge in [-0.25, -0.2) is 4.98 Å². The molecule has 4 aliphatic rings. The van der Waals surface area contributed by atoms with Gasteiger partial charge in [-0.3, -0.25) is 29.5 Å². The van der Waals surface area contributed by atoms with Gasteiger partial charge in [0.25, 0.3) is 5.91 Å². The van der Waals surface area contributed by atoms with Crippen LogP contribution in [0.25, 0.3) is 0 Å². The number of benzene rings is 3. The number of para-hydroxylation sites is 1. The number of hydrogen-bond donors (Lipinski definition) is 3. The second kappa shape index (κ2) is 18.1. The molecular formula is C43H51ClN9O5P. The molecule has 0 bridgehead atoms. The van der Waals surface area contributed by atoms with E-state index in [1.54, 1.807) is 24.3 Å². The quantitative estimate of drug-likeness (QED) is 0.117. The Labute approximate surface area is 351 Å². The number of imide groups is 1. The molecule has 3 saturated heterocycles. The standard InChI is InChI=1S/C43H51ClN9O5P/c1-57-37-25-29(11-12-33(37)47-43-45-26-32(44)40(49-43)46-34-8-4-5-10-38(34)59(2)3)51-17-15-28(16-18-51)52-21-19-50(20-22-52)23-24-58-36-9-6-7-30-31(36)27-53(42(30)56)35-13-14-39(54)48-41(35)55/h4-12,25-26,28,35H,13-24,27H2,1-3H3,(H,48,54,55)(H2,45,46,47,49). The van der Waals surface area contributed by atoms with Crippen LogP contribution >= 0.6 is 19.5 Å². The first kappa shape index (κ1) is 40.8. The van der Waals surface area contributed by atoms with Gasteiger partial charge < -0.3 is 29.9 Å². The summed E-state index contributed by atoms with van der Waals surface area (Å²) in [7, 11) is 1.36. The Morgan fingerprint density at radius 2 is 1.69 bits per heavy atom. The average molecular weight is 840 g/mol. The lowest BCUT2D eigenvalue weighted by molar-refractivity contribution is -0.136. The topological polar surface area (TPSA) is 144 Å². The molecular weight excluding hydrogens is 789 g/mol. The summed E-state index contributed by atoms with van der Waals surface area (Å²) in [5, 5.41) is 10.8. The Hall–Kier alpha value is -5.01. The number of rotatable bonds is 13. The lowest BCUT2D eigenvalue weighted by Crippen LogP contribution is -2.53. The third-order valence-electron chi connectivity index (χ3n) is 11.8. The van der Waals surface area contributed by atoms with Crippen molar-refractivity contribution in [1.82, 2.24) is 30.0 Å². The molecule has 0 saturated carbocycles. The molecule has 3 fully saturated rings. The SMILES string of the molecule is COc1cc(N2CCC(N3CCN(CCOc4cccc5c4CN(C4CCC(=O)NC4=O)C5=O)CC3)CC2)ccc1Nc1ncc(Cl)c(Nc2ccccc2P(C)C)n1. The Bertz CT molecular complexity index is 2190. The zero-order valence-electron chi connectivity index (χ0n) is 33.7. The molecule has 0 radical (unpaired) electrons. The van der Waals surface area contributed by atoms with Crippen molar-refractivity contribution in [2.45, 2.75) is 44.3 Å². The van der Waals surface area contributed by atoms with E-state index in [0.29, 0.717) is 59.5 Å². The maximum absolute atomic E-state index is 13.2. The third-order valence-corrected chi connectivity index (χ3v) is 13.4. The predicted molar refractivity (Wildman–Crippen MR) is 233 cm³/mol. The fourth-order valence-electron chi connectivity index (χ4n) is 8.53. The number of nitrogens with zero attached hydrogens (tertiary/aromatic N) is 6. The van der Waals surface area contributed by atoms with Gasteiger partial charge in [0.05, 0.1) is 25.5 Å². The summed E-state index contributed by atoms with van der Waals surface area (Å²) in [5.41, 5.74) is 4.26. The largest absolute Gasteiger partial charge is 0.494 e. The van der Waals surface area contributed by atoms with Gasteiger partial charge in [0, 0.05) is 86.8 Å². The molecule has 4 aliphatic heterocycles. The van der Waals surface area contributed by atoms with Gasteiger partial charge in [0.1, 0.15) is 29.2 Å². The smallest absolute Gasteiger partial charge is 0.255 e. The van der Waals surface area contributed by atoms with Gasteiger partial charge in [-0.05, 0) is 68.2 Å². The fourth-order valence-corrected chi connectivity index (χ4v) is 9.67. The first-order valence-corrected chi connectivity index (χ1v) is 22.9. The molecule has 3 amide bonds. The van der Waals surface area contributed by atoms with Crippen molar-refractivity contribution in [3.8, 4) is 11.5 Å². The van der Waals surface area contributed by atoms with Crippen LogP contribution in [0.2, 0.25) is 5.02 Å². The van der Waals surface area contributed by atoms with Gasteiger partial charge in [-0.15, -0.1) is 0 Å². The van der Waals surface area contributed by atoms with E-state index in [0.717, 1.165) is 81.3 Å². The van der Waals surface area contributed by atoms with E-state index in [2.05, 4.69) is 67.2 Å². The highest BCUT2D eigenvalue weighted by molar-refractivity contribution is 7.64. The van der Waals surface area contributed by atoms with Gasteiger partial charge >= 0.3 is 0 Å². The van der Waals surface area contributed by atoms with E-state index in [9.17, 15) is 14.4 Å². The number of halogens is 1. The molecule has 3 aromatic carbocycles. The van der Waals surface area contributed by atoms with Gasteiger partial charge in [-0.1, -0.05) is 43.8 Å². The summed E-state index contributed by atoms with van der Waals surface area (Å²) in [6.45, 7) is 12.0. The van der Waals surface area contributed by atoms with Crippen LogP contribution in [-0.2, 0) is 16.1 Å². The van der Waals surface area contributed by atoms with Crippen molar-refractivity contribution < 1.29 is 23.9 Å². The highest BCUT2D eigenvalue weighted by Gasteiger charge is 2.40. The first-order valence-electron chi connectivity index (χ1n) is 20.3. The first-order chi connectivity index (χ1) is 28.6. The zero-order valence-corrected chi connectivity index (χ0v) is 35.4. The van der Waals surface area contributed by atoms with Gasteiger partial charge in [0.15, 0.2) is 5.82 Å². The molecule has 0 aliphatic carbocycles. The molecule has 5 heterocycles. The molecule has 59 heavy (non-hydrogen) atoms. The van der Waals surface area contributed by atoms with Crippen LogP contribution in [0.1, 0.15) is 41.6 Å². The van der Waals surface area contributed by atoms with E-state index in [1.807, 2.05) is 36.4 Å². The van der Waals surface area contributed by atoms with Crippen LogP contribution < -0.4 is 35.6 Å². The van der Waals surface area contributed by atoms with E-state index in [-0.39, 0.29) is 26.2 Å². The monoisotopic (exact) mass is 839 g/mol. The molecule has 16 heteroatoms. The van der Waals surface area contributed by atoms with Crippen molar-refractivity contribution in [2.24, 2.45) is 0 Å². The summed E-state index contributed by atoms with van der Waals surface area (Å²) in [6, 6.07) is 19.8. The Morgan fingerprint density at radius 1 is 0.898 bits per heavy atom. The normalized spacial score (nSPS) is 19.2. The number of piperazine rings is 1. The van der Waals surface area contributed by atoms with Crippen LogP contribution in [0.4, 0.5) is 28.8 Å². The van der Waals surface area contributed by atoms with Crippen molar-refractivity contribution in [3.05, 3.63) is 83.0 Å². The summed E-state index contributed by atoms with van der Waals surface area (Å²) in [5.74, 6) is 1.46. The van der Waals surface area contributed by atoms with Crippen LogP contribution in [0.3, 0.4) is 0 Å². The number of piperidine rings is 2. The molecule has 0 spiro atoms. The van der Waals surface area contributed by atoms with Gasteiger partial charge in [-0.2, -0.15) is 4.98 Å². The van der Waals surface area contributed by atoms with Crippen LogP contribution in [0.15, 0.2) is 66.9 Å². The Morgan fingerprint density at radius 3 is 2.46 bits per heavy atom. The van der Waals surface area contributed by atoms with Crippen molar-refractivity contribution in [1.29, 1.82) is 0 Å². The number of aromatic nitrogens is 2. The summed E-state index contributed by atoms with van der Waals surface area (Å²) in [6.07, 6.45) is 4.35. The van der Waals surface area contributed by atoms with Crippen molar-refractivity contribution in [2.75, 3.05) is 88.4 Å².